The van der Waals surface area contributed by atoms with Gasteiger partial charge in [0.2, 0.25) is 0 Å². The van der Waals surface area contributed by atoms with E-state index in [1.807, 2.05) is 12.1 Å². The molecule has 0 amide bonds. The van der Waals surface area contributed by atoms with Gasteiger partial charge in [0.05, 0.1) is 6.10 Å². The number of benzene rings is 1. The second-order valence-electron chi connectivity index (χ2n) is 5.32. The van der Waals surface area contributed by atoms with E-state index in [-0.39, 0.29) is 19.1 Å². The van der Waals surface area contributed by atoms with Crippen molar-refractivity contribution in [2.75, 3.05) is 13.2 Å². The lowest BCUT2D eigenvalue weighted by atomic mass is 10.1. The number of halogens is 4. The third-order valence-electron chi connectivity index (χ3n) is 3.31. The predicted molar refractivity (Wildman–Crippen MR) is 76.5 cm³/mol. The number of ether oxygens (including phenoxy) is 1. The van der Waals surface area contributed by atoms with Crippen molar-refractivity contribution in [1.82, 2.24) is 5.32 Å². The molecule has 1 aromatic carbocycles. The monoisotopic (exact) mass is 321 g/mol. The highest BCUT2D eigenvalue weighted by Crippen LogP contribution is 2.25. The Bertz CT molecular complexity index is 449. The number of alkyl halides is 3. The van der Waals surface area contributed by atoms with E-state index in [0.717, 1.165) is 18.4 Å². The number of hydrogen-bond acceptors (Lipinski definition) is 2. The van der Waals surface area contributed by atoms with Crippen molar-refractivity contribution in [1.29, 1.82) is 0 Å². The minimum Gasteiger partial charge on any atom is -0.372 e. The molecule has 0 heterocycles. The zero-order valence-electron chi connectivity index (χ0n) is 11.6. The molecule has 1 unspecified atom stereocenters. The molecule has 0 spiro atoms. The molecule has 1 N–H and O–H groups in total. The molecule has 2 nitrogen and oxygen atoms in total. The topological polar surface area (TPSA) is 21.3 Å². The van der Waals surface area contributed by atoms with Gasteiger partial charge in [0.15, 0.2) is 0 Å². The van der Waals surface area contributed by atoms with Gasteiger partial charge in [-0.2, -0.15) is 13.2 Å². The molecule has 0 radical (unpaired) electrons. The van der Waals surface area contributed by atoms with Gasteiger partial charge in [0.1, 0.15) is 0 Å². The molecule has 1 aliphatic rings. The van der Waals surface area contributed by atoms with Crippen LogP contribution in [0.1, 0.15) is 37.4 Å². The van der Waals surface area contributed by atoms with Gasteiger partial charge in [-0.25, -0.2) is 0 Å². The number of hydrogen-bond donors (Lipinski definition) is 1. The maximum Gasteiger partial charge on any atom is 0.389 e. The minimum atomic E-state index is -4.12. The van der Waals surface area contributed by atoms with Crippen molar-refractivity contribution >= 4 is 11.6 Å². The van der Waals surface area contributed by atoms with Gasteiger partial charge in [-0.3, -0.25) is 0 Å². The molecular weight excluding hydrogens is 303 g/mol. The van der Waals surface area contributed by atoms with Crippen LogP contribution in [0.5, 0.6) is 0 Å². The van der Waals surface area contributed by atoms with Gasteiger partial charge < -0.3 is 10.1 Å². The SMILES string of the molecule is FC(F)(F)CCCOC(CNC1CC1)c1cccc(Cl)c1. The van der Waals surface area contributed by atoms with Crippen LogP contribution in [0.4, 0.5) is 13.2 Å². The van der Waals surface area contributed by atoms with E-state index >= 15 is 0 Å². The molecule has 6 heteroatoms. The molecule has 1 saturated carbocycles. The summed E-state index contributed by atoms with van der Waals surface area (Å²) in [6.45, 7) is 0.681. The predicted octanol–water partition coefficient (Wildman–Crippen LogP) is 4.49. The van der Waals surface area contributed by atoms with E-state index in [4.69, 9.17) is 16.3 Å². The first-order valence-electron chi connectivity index (χ1n) is 7.11. The van der Waals surface area contributed by atoms with Crippen molar-refractivity contribution in [3.63, 3.8) is 0 Å². The van der Waals surface area contributed by atoms with Crippen molar-refractivity contribution < 1.29 is 17.9 Å². The fraction of sp³-hybridized carbons (Fsp3) is 0.600. The zero-order valence-corrected chi connectivity index (χ0v) is 12.4. The van der Waals surface area contributed by atoms with E-state index < -0.39 is 12.6 Å². The van der Waals surface area contributed by atoms with Crippen LogP contribution in [-0.2, 0) is 4.74 Å². The van der Waals surface area contributed by atoms with Gasteiger partial charge in [-0.1, -0.05) is 23.7 Å². The fourth-order valence-electron chi connectivity index (χ4n) is 2.04. The van der Waals surface area contributed by atoms with Crippen LogP contribution in [0.2, 0.25) is 5.02 Å². The minimum absolute atomic E-state index is 0.0238. The molecule has 1 fully saturated rings. The van der Waals surface area contributed by atoms with Crippen molar-refractivity contribution in [3.8, 4) is 0 Å². The van der Waals surface area contributed by atoms with E-state index in [1.165, 1.54) is 0 Å². The third-order valence-corrected chi connectivity index (χ3v) is 3.55. The van der Waals surface area contributed by atoms with Crippen LogP contribution < -0.4 is 5.32 Å². The number of nitrogens with one attached hydrogen (secondary N) is 1. The first kappa shape index (κ1) is 16.6. The van der Waals surface area contributed by atoms with Gasteiger partial charge in [0.25, 0.3) is 0 Å². The summed E-state index contributed by atoms with van der Waals surface area (Å²) in [5.41, 5.74) is 0.891. The summed E-state index contributed by atoms with van der Waals surface area (Å²) in [4.78, 5) is 0. The Labute approximate surface area is 127 Å². The smallest absolute Gasteiger partial charge is 0.372 e. The largest absolute Gasteiger partial charge is 0.389 e. The molecule has 0 aromatic heterocycles. The molecule has 0 saturated heterocycles. The van der Waals surface area contributed by atoms with Crippen LogP contribution in [0.15, 0.2) is 24.3 Å². The highest BCUT2D eigenvalue weighted by Gasteiger charge is 2.27. The van der Waals surface area contributed by atoms with Crippen molar-refractivity contribution in [2.24, 2.45) is 0 Å². The van der Waals surface area contributed by atoms with E-state index in [9.17, 15) is 13.2 Å². The summed E-state index contributed by atoms with van der Waals surface area (Å²) in [7, 11) is 0. The Kier molecular flexibility index (Phi) is 5.90. The maximum absolute atomic E-state index is 12.1. The Morgan fingerprint density at radius 2 is 2.10 bits per heavy atom. The highest BCUT2D eigenvalue weighted by atomic mass is 35.5. The highest BCUT2D eigenvalue weighted by molar-refractivity contribution is 6.30. The molecule has 21 heavy (non-hydrogen) atoms. The van der Waals surface area contributed by atoms with Gasteiger partial charge in [-0.05, 0) is 37.0 Å². The third kappa shape index (κ3) is 6.68. The lowest BCUT2D eigenvalue weighted by Crippen LogP contribution is -2.25. The summed E-state index contributed by atoms with van der Waals surface area (Å²) < 4.78 is 42.0. The average molecular weight is 322 g/mol. The molecular formula is C15H19ClF3NO. The Hall–Kier alpha value is -0.780. The lowest BCUT2D eigenvalue weighted by molar-refractivity contribution is -0.138. The molecule has 0 aliphatic heterocycles. The summed E-state index contributed by atoms with van der Waals surface area (Å²) in [6, 6.07) is 7.78. The second-order valence-corrected chi connectivity index (χ2v) is 5.75. The first-order valence-corrected chi connectivity index (χ1v) is 7.49. The van der Waals surface area contributed by atoms with Crippen LogP contribution in [0.25, 0.3) is 0 Å². The maximum atomic E-state index is 12.1. The van der Waals surface area contributed by atoms with E-state index in [2.05, 4.69) is 5.32 Å². The van der Waals surface area contributed by atoms with Crippen LogP contribution in [-0.4, -0.2) is 25.4 Å². The summed E-state index contributed by atoms with van der Waals surface area (Å²) in [5.74, 6) is 0. The Morgan fingerprint density at radius 3 is 2.71 bits per heavy atom. The second kappa shape index (κ2) is 7.47. The van der Waals surface area contributed by atoms with Gasteiger partial charge in [0, 0.05) is 30.6 Å². The molecule has 1 aromatic rings. The average Bonchev–Trinajstić information content (AvgIpc) is 3.20. The van der Waals surface area contributed by atoms with Crippen molar-refractivity contribution in [2.45, 2.75) is 44.0 Å². The van der Waals surface area contributed by atoms with Crippen molar-refractivity contribution in [3.05, 3.63) is 34.9 Å². The molecule has 118 valence electrons. The van der Waals surface area contributed by atoms with Crippen LogP contribution in [0.3, 0.4) is 0 Å². The quantitative estimate of drug-likeness (QED) is 0.712. The Balaban J connectivity index is 1.85. The van der Waals surface area contributed by atoms with Crippen LogP contribution in [0, 0.1) is 0 Å². The first-order chi connectivity index (χ1) is 9.94. The van der Waals surface area contributed by atoms with E-state index in [1.54, 1.807) is 12.1 Å². The summed E-state index contributed by atoms with van der Waals surface area (Å²) in [5, 5.41) is 3.94. The van der Waals surface area contributed by atoms with Crippen LogP contribution >= 0.6 is 11.6 Å². The summed E-state index contributed by atoms with van der Waals surface area (Å²) in [6.07, 6.45) is -2.93. The zero-order chi connectivity index (χ0) is 15.3. The number of rotatable bonds is 8. The molecule has 1 atom stereocenters. The normalized spacial score (nSPS) is 17.0. The van der Waals surface area contributed by atoms with Gasteiger partial charge in [-0.15, -0.1) is 0 Å². The molecule has 1 aliphatic carbocycles. The lowest BCUT2D eigenvalue weighted by Gasteiger charge is -2.19. The molecule has 0 bridgehead atoms. The fourth-order valence-corrected chi connectivity index (χ4v) is 2.24. The molecule has 2 rings (SSSR count). The van der Waals surface area contributed by atoms with E-state index in [0.29, 0.717) is 17.6 Å². The Morgan fingerprint density at radius 1 is 1.33 bits per heavy atom. The standard InChI is InChI=1S/C15H19ClF3NO/c16-12-4-1-3-11(9-12)14(10-20-13-5-6-13)21-8-2-7-15(17,18)19/h1,3-4,9,13-14,20H,2,5-8,10H2. The summed E-state index contributed by atoms with van der Waals surface area (Å²) >= 11 is 5.96. The van der Waals surface area contributed by atoms with Gasteiger partial charge >= 0.3 is 6.18 Å².